The third kappa shape index (κ3) is 5.00. The van der Waals surface area contributed by atoms with Crippen molar-refractivity contribution in [3.63, 3.8) is 0 Å². The van der Waals surface area contributed by atoms with Crippen molar-refractivity contribution in [3.05, 3.63) is 83.2 Å². The molecule has 2 aromatic heterocycles. The van der Waals surface area contributed by atoms with Crippen LogP contribution in [0.3, 0.4) is 0 Å². The molecule has 0 spiro atoms. The Balaban J connectivity index is 1.57. The van der Waals surface area contributed by atoms with Gasteiger partial charge in [-0.3, -0.25) is 4.98 Å². The van der Waals surface area contributed by atoms with Gasteiger partial charge in [-0.25, -0.2) is 0 Å². The van der Waals surface area contributed by atoms with Gasteiger partial charge in [-0.2, -0.15) is 5.21 Å². The van der Waals surface area contributed by atoms with E-state index in [1.807, 2.05) is 72.9 Å². The monoisotopic (exact) mass is 427 g/mol. The number of H-pyrrole nitrogens is 1. The highest BCUT2D eigenvalue weighted by Gasteiger charge is 2.13. The normalized spacial score (nSPS) is 11.2. The molecule has 0 aliphatic heterocycles. The molecule has 0 radical (unpaired) electrons. The molecule has 1 N–H and O–H groups in total. The van der Waals surface area contributed by atoms with Gasteiger partial charge in [0.15, 0.2) is 0 Å². The van der Waals surface area contributed by atoms with E-state index in [0.717, 1.165) is 39.4 Å². The Labute approximate surface area is 187 Å². The molecule has 0 aliphatic rings. The highest BCUT2D eigenvalue weighted by molar-refractivity contribution is 5.72. The van der Waals surface area contributed by atoms with Crippen LogP contribution in [0.2, 0.25) is 0 Å². The van der Waals surface area contributed by atoms with Crippen molar-refractivity contribution in [3.8, 4) is 22.9 Å². The molecule has 2 aromatic carbocycles. The van der Waals surface area contributed by atoms with Crippen LogP contribution in [0.1, 0.15) is 42.1 Å². The van der Waals surface area contributed by atoms with Crippen molar-refractivity contribution in [2.75, 3.05) is 7.11 Å². The summed E-state index contributed by atoms with van der Waals surface area (Å²) in [6.07, 6.45) is 5.83. The van der Waals surface area contributed by atoms with Gasteiger partial charge >= 0.3 is 0 Å². The molecule has 4 rings (SSSR count). The first-order chi connectivity index (χ1) is 15.6. The summed E-state index contributed by atoms with van der Waals surface area (Å²) < 4.78 is 11.6. The number of methoxy groups -OCH3 is 1. The lowest BCUT2D eigenvalue weighted by molar-refractivity contribution is 0.299. The van der Waals surface area contributed by atoms with Gasteiger partial charge in [0.25, 0.3) is 0 Å². The minimum Gasteiger partial charge on any atom is -0.497 e. The molecule has 7 nitrogen and oxygen atoms in total. The Kier molecular flexibility index (Phi) is 6.55. The number of hydrogen-bond acceptors (Lipinski definition) is 6. The van der Waals surface area contributed by atoms with Crippen LogP contribution >= 0.6 is 0 Å². The summed E-state index contributed by atoms with van der Waals surface area (Å²) in [5.74, 6) is 2.48. The van der Waals surface area contributed by atoms with Crippen LogP contribution < -0.4 is 9.47 Å². The highest BCUT2D eigenvalue weighted by Crippen LogP contribution is 2.31. The second-order valence-electron chi connectivity index (χ2n) is 7.60. The predicted octanol–water partition coefficient (Wildman–Crippen LogP) is 5.14. The third-order valence-corrected chi connectivity index (χ3v) is 5.05. The molecular formula is C25H25N5O2. The molecule has 162 valence electrons. The van der Waals surface area contributed by atoms with Crippen LogP contribution in [0.15, 0.2) is 60.8 Å². The van der Waals surface area contributed by atoms with Crippen molar-refractivity contribution in [1.82, 2.24) is 25.6 Å². The molecule has 4 aromatic rings. The Bertz CT molecular complexity index is 1190. The molecule has 0 unspecified atom stereocenters. The Morgan fingerprint density at radius 1 is 1.03 bits per heavy atom. The first kappa shape index (κ1) is 21.2. The van der Waals surface area contributed by atoms with E-state index in [9.17, 15) is 0 Å². The summed E-state index contributed by atoms with van der Waals surface area (Å²) in [4.78, 5) is 4.57. The lowest BCUT2D eigenvalue weighted by Gasteiger charge is -2.16. The second-order valence-corrected chi connectivity index (χ2v) is 7.60. The van der Waals surface area contributed by atoms with Crippen molar-refractivity contribution in [1.29, 1.82) is 0 Å². The second kappa shape index (κ2) is 9.87. The molecule has 2 heterocycles. The first-order valence-electron chi connectivity index (χ1n) is 10.4. The average Bonchev–Trinajstić information content (AvgIpc) is 3.37. The summed E-state index contributed by atoms with van der Waals surface area (Å²) in [5, 5.41) is 14.1. The number of tetrazole rings is 1. The van der Waals surface area contributed by atoms with E-state index in [-0.39, 0.29) is 0 Å². The van der Waals surface area contributed by atoms with Gasteiger partial charge < -0.3 is 9.47 Å². The number of rotatable bonds is 8. The minimum atomic E-state index is 0.305. The molecule has 0 saturated heterocycles. The van der Waals surface area contributed by atoms with Crippen LogP contribution in [-0.4, -0.2) is 32.7 Å². The highest BCUT2D eigenvalue weighted by atomic mass is 16.5. The van der Waals surface area contributed by atoms with Gasteiger partial charge in [0, 0.05) is 17.3 Å². The van der Waals surface area contributed by atoms with Crippen molar-refractivity contribution >= 4 is 12.2 Å². The maximum atomic E-state index is 6.28. The molecule has 0 bridgehead atoms. The number of ether oxygens (including phenoxy) is 2. The molecule has 0 aliphatic carbocycles. The van der Waals surface area contributed by atoms with E-state index in [1.54, 1.807) is 7.11 Å². The van der Waals surface area contributed by atoms with Crippen LogP contribution in [-0.2, 0) is 6.61 Å². The molecule has 0 atom stereocenters. The standard InChI is InChI=1S/C25H25N5O2/c1-17(2)22-13-14-26-23(24(22)32-16-19-5-4-6-21(15-19)31-3)12-9-18-7-10-20(11-8-18)25-27-29-30-28-25/h4-15,17H,16H2,1-3H3,(H,27,28,29,30)/b12-9+. The van der Waals surface area contributed by atoms with Gasteiger partial charge in [-0.15, -0.1) is 10.2 Å². The maximum absolute atomic E-state index is 6.28. The van der Waals surface area contributed by atoms with Crippen LogP contribution in [0.5, 0.6) is 11.5 Å². The SMILES string of the molecule is COc1cccc(COc2c(C(C)C)ccnc2/C=C/c2ccc(-c3nn[nH]n3)cc2)c1. The van der Waals surface area contributed by atoms with E-state index in [4.69, 9.17) is 9.47 Å². The topological polar surface area (TPSA) is 85.8 Å². The van der Waals surface area contributed by atoms with Gasteiger partial charge in [0.1, 0.15) is 23.8 Å². The molecule has 0 fully saturated rings. The zero-order chi connectivity index (χ0) is 22.3. The summed E-state index contributed by atoms with van der Waals surface area (Å²) >= 11 is 0. The number of pyridine rings is 1. The van der Waals surface area contributed by atoms with Gasteiger partial charge in [-0.1, -0.05) is 56.3 Å². The Morgan fingerprint density at radius 2 is 1.88 bits per heavy atom. The lowest BCUT2D eigenvalue weighted by atomic mass is 10.0. The van der Waals surface area contributed by atoms with Crippen LogP contribution in [0.25, 0.3) is 23.5 Å². The quantitative estimate of drug-likeness (QED) is 0.419. The zero-order valence-electron chi connectivity index (χ0n) is 18.3. The summed E-state index contributed by atoms with van der Waals surface area (Å²) in [5.41, 5.74) is 4.89. The van der Waals surface area contributed by atoms with Gasteiger partial charge in [-0.05, 0) is 46.5 Å². The van der Waals surface area contributed by atoms with Crippen LogP contribution in [0.4, 0.5) is 0 Å². The lowest BCUT2D eigenvalue weighted by Crippen LogP contribution is -2.03. The molecular weight excluding hydrogens is 402 g/mol. The first-order valence-corrected chi connectivity index (χ1v) is 10.4. The summed E-state index contributed by atoms with van der Waals surface area (Å²) in [6, 6.07) is 17.8. The maximum Gasteiger partial charge on any atom is 0.204 e. The molecule has 0 saturated carbocycles. The Hall–Kier alpha value is -4.00. The van der Waals surface area contributed by atoms with Crippen molar-refractivity contribution < 1.29 is 9.47 Å². The predicted molar refractivity (Wildman–Crippen MR) is 124 cm³/mol. The number of nitrogens with one attached hydrogen (secondary N) is 1. The van der Waals surface area contributed by atoms with E-state index in [0.29, 0.717) is 18.3 Å². The van der Waals surface area contributed by atoms with Crippen LogP contribution in [0, 0.1) is 0 Å². The van der Waals surface area contributed by atoms with E-state index in [1.165, 1.54) is 0 Å². The van der Waals surface area contributed by atoms with E-state index >= 15 is 0 Å². The van der Waals surface area contributed by atoms with E-state index in [2.05, 4.69) is 39.5 Å². The van der Waals surface area contributed by atoms with Crippen molar-refractivity contribution in [2.24, 2.45) is 0 Å². The third-order valence-electron chi connectivity index (χ3n) is 5.05. The molecule has 7 heteroatoms. The zero-order valence-corrected chi connectivity index (χ0v) is 18.3. The number of nitrogens with zero attached hydrogens (tertiary/aromatic N) is 4. The molecule has 32 heavy (non-hydrogen) atoms. The fourth-order valence-corrected chi connectivity index (χ4v) is 3.33. The summed E-state index contributed by atoms with van der Waals surface area (Å²) in [7, 11) is 1.66. The number of benzene rings is 2. The fraction of sp³-hybridized carbons (Fsp3) is 0.200. The number of aromatic amines is 1. The smallest absolute Gasteiger partial charge is 0.204 e. The van der Waals surface area contributed by atoms with E-state index < -0.39 is 0 Å². The molecule has 0 amide bonds. The van der Waals surface area contributed by atoms with Gasteiger partial charge in [0.2, 0.25) is 5.82 Å². The largest absolute Gasteiger partial charge is 0.497 e. The average molecular weight is 428 g/mol. The summed E-state index contributed by atoms with van der Waals surface area (Å²) in [6.45, 7) is 4.73. The number of aromatic nitrogens is 5. The fourth-order valence-electron chi connectivity index (χ4n) is 3.33. The van der Waals surface area contributed by atoms with Crippen molar-refractivity contribution in [2.45, 2.75) is 26.4 Å². The van der Waals surface area contributed by atoms with Gasteiger partial charge in [0.05, 0.1) is 7.11 Å². The number of hydrogen-bond donors (Lipinski definition) is 1. The minimum absolute atomic E-state index is 0.305. The Morgan fingerprint density at radius 3 is 2.59 bits per heavy atom.